The van der Waals surface area contributed by atoms with Crippen LogP contribution in [0.3, 0.4) is 0 Å². The van der Waals surface area contributed by atoms with Gasteiger partial charge in [0, 0.05) is 29.3 Å². The predicted molar refractivity (Wildman–Crippen MR) is 145 cm³/mol. The number of methoxy groups -OCH3 is 3. The van der Waals surface area contributed by atoms with Gasteiger partial charge in [-0.2, -0.15) is 0 Å². The number of hydrogen-bond acceptors (Lipinski definition) is 5. The lowest BCUT2D eigenvalue weighted by molar-refractivity contribution is 0.402. The second-order valence-corrected chi connectivity index (χ2v) is 8.85. The van der Waals surface area contributed by atoms with Gasteiger partial charge in [-0.1, -0.05) is 6.07 Å². The van der Waals surface area contributed by atoms with Gasteiger partial charge in [0.15, 0.2) is 5.11 Å². The summed E-state index contributed by atoms with van der Waals surface area (Å²) in [6, 6.07) is 23.6. The van der Waals surface area contributed by atoms with E-state index in [1.807, 2.05) is 48.5 Å². The molecule has 0 spiro atoms. The number of benzene rings is 2. The zero-order valence-corrected chi connectivity index (χ0v) is 21.5. The van der Waals surface area contributed by atoms with Crippen molar-refractivity contribution in [2.45, 2.75) is 19.0 Å². The van der Waals surface area contributed by atoms with Gasteiger partial charge in [0.2, 0.25) is 0 Å². The van der Waals surface area contributed by atoms with Crippen LogP contribution in [0.4, 0.5) is 5.69 Å². The SMILES string of the molecule is COc1ccc(-n2c(C)ccc2[C@H]2[C@@H](c3ccccn3)NC(=S)N2c2cc(OC)ccc2OC)cc1. The van der Waals surface area contributed by atoms with Crippen LogP contribution >= 0.6 is 12.2 Å². The molecule has 0 aliphatic carbocycles. The normalized spacial score (nSPS) is 17.1. The van der Waals surface area contributed by atoms with Crippen LogP contribution in [0.25, 0.3) is 5.69 Å². The molecule has 2 atom stereocenters. The number of ether oxygens (including phenoxy) is 3. The lowest BCUT2D eigenvalue weighted by Gasteiger charge is -2.30. The van der Waals surface area contributed by atoms with E-state index in [4.69, 9.17) is 26.4 Å². The van der Waals surface area contributed by atoms with Crippen LogP contribution in [-0.2, 0) is 0 Å². The maximum Gasteiger partial charge on any atom is 0.174 e. The number of anilines is 1. The van der Waals surface area contributed by atoms with E-state index in [2.05, 4.69) is 51.0 Å². The lowest BCUT2D eigenvalue weighted by atomic mass is 10.0. The molecule has 1 aliphatic heterocycles. The van der Waals surface area contributed by atoms with Crippen molar-refractivity contribution in [3.05, 3.63) is 96.1 Å². The average molecular weight is 501 g/mol. The molecule has 0 amide bonds. The monoisotopic (exact) mass is 500 g/mol. The average Bonchev–Trinajstić information content (AvgIpc) is 3.47. The minimum atomic E-state index is -0.218. The third-order valence-electron chi connectivity index (χ3n) is 6.48. The maximum absolute atomic E-state index is 5.93. The highest BCUT2D eigenvalue weighted by Gasteiger charge is 2.43. The van der Waals surface area contributed by atoms with E-state index in [1.165, 1.54) is 0 Å². The summed E-state index contributed by atoms with van der Waals surface area (Å²) in [4.78, 5) is 6.78. The van der Waals surface area contributed by atoms with E-state index in [9.17, 15) is 0 Å². The largest absolute Gasteiger partial charge is 0.497 e. The second kappa shape index (κ2) is 9.91. The Morgan fingerprint density at radius 1 is 0.861 bits per heavy atom. The Balaban J connectivity index is 1.71. The molecule has 1 N–H and O–H groups in total. The molecule has 4 aromatic rings. The Labute approximate surface area is 216 Å². The van der Waals surface area contributed by atoms with Gasteiger partial charge < -0.3 is 29.0 Å². The first-order chi connectivity index (χ1) is 17.5. The molecular formula is C28H28N4O3S. The van der Waals surface area contributed by atoms with E-state index in [0.717, 1.165) is 40.0 Å². The number of nitrogens with one attached hydrogen (secondary N) is 1. The van der Waals surface area contributed by atoms with Gasteiger partial charge in [0.1, 0.15) is 23.3 Å². The first-order valence-corrected chi connectivity index (χ1v) is 12.0. The molecule has 8 heteroatoms. The molecule has 2 aromatic heterocycles. The number of nitrogens with zero attached hydrogens (tertiary/aromatic N) is 3. The van der Waals surface area contributed by atoms with Crippen molar-refractivity contribution in [2.75, 3.05) is 26.2 Å². The smallest absolute Gasteiger partial charge is 0.174 e. The van der Waals surface area contributed by atoms with Crippen LogP contribution in [0.2, 0.25) is 0 Å². The molecule has 36 heavy (non-hydrogen) atoms. The number of aryl methyl sites for hydroxylation is 1. The molecule has 0 unspecified atom stereocenters. The maximum atomic E-state index is 5.93. The molecule has 0 saturated carbocycles. The standard InChI is InChI=1S/C28H28N4O3S/c1-18-8-14-23(31(18)19-9-11-20(33-2)12-10-19)27-26(22-7-5-6-16-29-22)30-28(36)32(27)24-17-21(34-3)13-15-25(24)35-4/h5-17,26-27H,1-4H3,(H,30,36)/t26-,27+/m1/s1. The van der Waals surface area contributed by atoms with E-state index in [1.54, 1.807) is 27.5 Å². The molecular weight excluding hydrogens is 472 g/mol. The minimum absolute atomic E-state index is 0.194. The van der Waals surface area contributed by atoms with Crippen molar-refractivity contribution >= 4 is 23.0 Å². The summed E-state index contributed by atoms with van der Waals surface area (Å²) in [6.45, 7) is 2.10. The number of pyridine rings is 1. The number of hydrogen-bond donors (Lipinski definition) is 1. The highest BCUT2D eigenvalue weighted by atomic mass is 32.1. The summed E-state index contributed by atoms with van der Waals surface area (Å²) in [6.07, 6.45) is 1.81. The fraction of sp³-hybridized carbons (Fsp3) is 0.214. The van der Waals surface area contributed by atoms with Crippen molar-refractivity contribution < 1.29 is 14.2 Å². The van der Waals surface area contributed by atoms with Crippen LogP contribution < -0.4 is 24.4 Å². The zero-order chi connectivity index (χ0) is 25.2. The topological polar surface area (TPSA) is 60.8 Å². The van der Waals surface area contributed by atoms with Gasteiger partial charge in [-0.3, -0.25) is 4.98 Å². The fourth-order valence-electron chi connectivity index (χ4n) is 4.77. The molecule has 1 saturated heterocycles. The van der Waals surface area contributed by atoms with Crippen molar-refractivity contribution in [2.24, 2.45) is 0 Å². The molecule has 1 aliphatic rings. The van der Waals surface area contributed by atoms with Crippen molar-refractivity contribution in [3.8, 4) is 22.9 Å². The lowest BCUT2D eigenvalue weighted by Crippen LogP contribution is -2.30. The van der Waals surface area contributed by atoms with Gasteiger partial charge in [-0.25, -0.2) is 0 Å². The Morgan fingerprint density at radius 3 is 2.28 bits per heavy atom. The van der Waals surface area contributed by atoms with Crippen LogP contribution in [0.1, 0.15) is 29.2 Å². The summed E-state index contributed by atoms with van der Waals surface area (Å²) >= 11 is 5.93. The van der Waals surface area contributed by atoms with E-state index < -0.39 is 0 Å². The van der Waals surface area contributed by atoms with Crippen molar-refractivity contribution in [1.29, 1.82) is 0 Å². The van der Waals surface area contributed by atoms with E-state index in [-0.39, 0.29) is 12.1 Å². The van der Waals surface area contributed by atoms with Gasteiger partial charge in [-0.05, 0) is 79.8 Å². The molecule has 7 nitrogen and oxygen atoms in total. The third kappa shape index (κ3) is 4.13. The molecule has 2 aromatic carbocycles. The minimum Gasteiger partial charge on any atom is -0.497 e. The predicted octanol–water partition coefficient (Wildman–Crippen LogP) is 5.38. The number of aromatic nitrogens is 2. The first kappa shape index (κ1) is 23.7. The Kier molecular flexibility index (Phi) is 6.52. The summed E-state index contributed by atoms with van der Waals surface area (Å²) in [5.74, 6) is 2.23. The van der Waals surface area contributed by atoms with E-state index in [0.29, 0.717) is 10.9 Å². The van der Waals surface area contributed by atoms with Gasteiger partial charge in [-0.15, -0.1) is 0 Å². The van der Waals surface area contributed by atoms with Crippen molar-refractivity contribution in [3.63, 3.8) is 0 Å². The number of rotatable bonds is 7. The Morgan fingerprint density at radius 2 is 1.61 bits per heavy atom. The molecule has 5 rings (SSSR count). The van der Waals surface area contributed by atoms with Crippen molar-refractivity contribution in [1.82, 2.24) is 14.9 Å². The van der Waals surface area contributed by atoms with Crippen LogP contribution in [0, 0.1) is 6.92 Å². The van der Waals surface area contributed by atoms with Gasteiger partial charge in [0.25, 0.3) is 0 Å². The Hall–Kier alpha value is -4.04. The first-order valence-electron chi connectivity index (χ1n) is 11.6. The summed E-state index contributed by atoms with van der Waals surface area (Å²) in [5.41, 5.74) is 4.91. The second-order valence-electron chi connectivity index (χ2n) is 8.47. The summed E-state index contributed by atoms with van der Waals surface area (Å²) in [7, 11) is 4.98. The molecule has 0 bridgehead atoms. The van der Waals surface area contributed by atoms with Crippen LogP contribution in [0.5, 0.6) is 17.2 Å². The summed E-state index contributed by atoms with van der Waals surface area (Å²) in [5, 5.41) is 4.11. The quantitative estimate of drug-likeness (QED) is 0.342. The van der Waals surface area contributed by atoms with Gasteiger partial charge >= 0.3 is 0 Å². The van der Waals surface area contributed by atoms with Crippen LogP contribution in [-0.4, -0.2) is 36.0 Å². The number of thiocarbonyl (C=S) groups is 1. The highest BCUT2D eigenvalue weighted by Crippen LogP contribution is 2.46. The highest BCUT2D eigenvalue weighted by molar-refractivity contribution is 7.80. The van der Waals surface area contributed by atoms with E-state index >= 15 is 0 Å². The molecule has 1 fully saturated rings. The van der Waals surface area contributed by atoms with Gasteiger partial charge in [0.05, 0.1) is 38.8 Å². The molecule has 3 heterocycles. The third-order valence-corrected chi connectivity index (χ3v) is 6.80. The van der Waals surface area contributed by atoms with Crippen LogP contribution in [0.15, 0.2) is 79.0 Å². The fourth-order valence-corrected chi connectivity index (χ4v) is 5.11. The summed E-state index contributed by atoms with van der Waals surface area (Å²) < 4.78 is 18.9. The zero-order valence-electron chi connectivity index (χ0n) is 20.6. The molecule has 0 radical (unpaired) electrons. The Bertz CT molecular complexity index is 1370. The molecule has 184 valence electrons.